The van der Waals surface area contributed by atoms with Gasteiger partial charge in [-0.15, -0.1) is 0 Å². The van der Waals surface area contributed by atoms with Crippen LogP contribution in [0.25, 0.3) is 0 Å². The lowest BCUT2D eigenvalue weighted by molar-refractivity contribution is 0.587. The molecule has 62 valence electrons. The van der Waals surface area contributed by atoms with Crippen molar-refractivity contribution in [3.8, 4) is 0 Å². The number of aliphatic imine (C=N–C) groups is 1. The molecule has 0 saturated heterocycles. The highest BCUT2D eigenvalue weighted by molar-refractivity contribution is 5.71. The maximum absolute atomic E-state index is 4.28. The molecule has 0 aliphatic heterocycles. The van der Waals surface area contributed by atoms with Gasteiger partial charge in [-0.1, -0.05) is 18.2 Å². The Morgan fingerprint density at radius 3 is 2.09 bits per heavy atom. The van der Waals surface area contributed by atoms with Crippen molar-refractivity contribution >= 4 is 6.21 Å². The van der Waals surface area contributed by atoms with E-state index in [0.29, 0.717) is 0 Å². The molecule has 0 heterocycles. The number of nitrogens with zero attached hydrogens (tertiary/aromatic N) is 1. The molecule has 0 aromatic rings. The summed E-state index contributed by atoms with van der Waals surface area (Å²) >= 11 is 0. The van der Waals surface area contributed by atoms with Crippen LogP contribution in [-0.2, 0) is 0 Å². The summed E-state index contributed by atoms with van der Waals surface area (Å²) in [6, 6.07) is 0. The van der Waals surface area contributed by atoms with E-state index in [1.165, 1.54) is 0 Å². The standard InChI is InChI=1S/C10H17N/c1-5-6-7-8-9-11-10(2,3)4/h5-9H,1-4H3/b6-5+,8-7+,11-9?. The van der Waals surface area contributed by atoms with Gasteiger partial charge in [-0.05, 0) is 33.8 Å². The van der Waals surface area contributed by atoms with Crippen LogP contribution in [0.2, 0.25) is 0 Å². The molecule has 1 nitrogen and oxygen atoms in total. The number of allylic oxidation sites excluding steroid dienone is 4. The summed E-state index contributed by atoms with van der Waals surface area (Å²) in [6.07, 6.45) is 9.70. The summed E-state index contributed by atoms with van der Waals surface area (Å²) < 4.78 is 0. The molecule has 0 saturated carbocycles. The number of rotatable bonds is 2. The van der Waals surface area contributed by atoms with Crippen LogP contribution in [0, 0.1) is 0 Å². The van der Waals surface area contributed by atoms with Crippen molar-refractivity contribution in [2.45, 2.75) is 33.2 Å². The molecule has 0 aliphatic rings. The summed E-state index contributed by atoms with van der Waals surface area (Å²) in [6.45, 7) is 8.22. The predicted molar refractivity (Wildman–Crippen MR) is 52.2 cm³/mol. The quantitative estimate of drug-likeness (QED) is 0.425. The van der Waals surface area contributed by atoms with Gasteiger partial charge in [0.1, 0.15) is 0 Å². The molecule has 0 N–H and O–H groups in total. The minimum atomic E-state index is 0.0419. The van der Waals surface area contributed by atoms with Crippen molar-refractivity contribution in [3.05, 3.63) is 24.3 Å². The molecule has 0 aromatic carbocycles. The van der Waals surface area contributed by atoms with E-state index in [4.69, 9.17) is 0 Å². The fourth-order valence-corrected chi connectivity index (χ4v) is 0.492. The average Bonchev–Trinajstić information content (AvgIpc) is 1.85. The highest BCUT2D eigenvalue weighted by atomic mass is 14.8. The maximum atomic E-state index is 4.28. The summed E-state index contributed by atoms with van der Waals surface area (Å²) in [5.74, 6) is 0. The van der Waals surface area contributed by atoms with Crippen LogP contribution in [0.4, 0.5) is 0 Å². The first-order valence-corrected chi connectivity index (χ1v) is 3.89. The molecule has 0 fully saturated rings. The molecule has 0 aliphatic carbocycles. The highest BCUT2D eigenvalue weighted by Crippen LogP contribution is 2.04. The van der Waals surface area contributed by atoms with Gasteiger partial charge < -0.3 is 0 Å². The van der Waals surface area contributed by atoms with E-state index < -0.39 is 0 Å². The largest absolute Gasteiger partial charge is 0.287 e. The third-order valence-electron chi connectivity index (χ3n) is 0.963. The Kier molecular flexibility index (Phi) is 4.51. The first-order chi connectivity index (χ1) is 5.06. The molecule has 0 amide bonds. The Hall–Kier alpha value is -0.850. The van der Waals surface area contributed by atoms with Gasteiger partial charge in [0.2, 0.25) is 0 Å². The van der Waals surface area contributed by atoms with Crippen molar-refractivity contribution in [1.82, 2.24) is 0 Å². The van der Waals surface area contributed by atoms with E-state index in [0.717, 1.165) is 0 Å². The van der Waals surface area contributed by atoms with Crippen LogP contribution >= 0.6 is 0 Å². The smallest absolute Gasteiger partial charge is 0.0524 e. The predicted octanol–water partition coefficient (Wildman–Crippen LogP) is 2.99. The molecule has 0 aromatic heterocycles. The SMILES string of the molecule is C/C=C/C=C/C=NC(C)(C)C. The van der Waals surface area contributed by atoms with Crippen LogP contribution in [-0.4, -0.2) is 11.8 Å². The van der Waals surface area contributed by atoms with Gasteiger partial charge in [0.25, 0.3) is 0 Å². The molecule has 0 spiro atoms. The minimum absolute atomic E-state index is 0.0419. The van der Waals surface area contributed by atoms with E-state index >= 15 is 0 Å². The van der Waals surface area contributed by atoms with Crippen molar-refractivity contribution in [2.75, 3.05) is 0 Å². The highest BCUT2D eigenvalue weighted by Gasteiger charge is 2.02. The Morgan fingerprint density at radius 2 is 1.64 bits per heavy atom. The Balaban J connectivity index is 3.78. The Morgan fingerprint density at radius 1 is 1.00 bits per heavy atom. The van der Waals surface area contributed by atoms with Crippen LogP contribution in [0.1, 0.15) is 27.7 Å². The van der Waals surface area contributed by atoms with Gasteiger partial charge in [0.15, 0.2) is 0 Å². The zero-order chi connectivity index (χ0) is 8.74. The molecular formula is C10H17N. The number of hydrogen-bond acceptors (Lipinski definition) is 1. The van der Waals surface area contributed by atoms with E-state index in [2.05, 4.69) is 25.8 Å². The summed E-state index contributed by atoms with van der Waals surface area (Å²) in [7, 11) is 0. The lowest BCUT2D eigenvalue weighted by atomic mass is 10.1. The lowest BCUT2D eigenvalue weighted by Crippen LogP contribution is -2.08. The molecule has 0 unspecified atom stereocenters. The van der Waals surface area contributed by atoms with Crippen LogP contribution in [0.5, 0.6) is 0 Å². The van der Waals surface area contributed by atoms with Gasteiger partial charge in [0.05, 0.1) is 5.54 Å². The molecule has 0 bridgehead atoms. The Labute approximate surface area is 69.5 Å². The average molecular weight is 151 g/mol. The monoisotopic (exact) mass is 151 g/mol. The summed E-state index contributed by atoms with van der Waals surface area (Å²) in [4.78, 5) is 4.28. The molecule has 0 radical (unpaired) electrons. The molecule has 0 atom stereocenters. The summed E-state index contributed by atoms with van der Waals surface area (Å²) in [5.41, 5.74) is 0.0419. The van der Waals surface area contributed by atoms with Gasteiger partial charge in [-0.3, -0.25) is 4.99 Å². The zero-order valence-electron chi connectivity index (χ0n) is 7.83. The van der Waals surface area contributed by atoms with Crippen LogP contribution in [0.3, 0.4) is 0 Å². The normalized spacial score (nSPS) is 14.2. The van der Waals surface area contributed by atoms with Crippen molar-refractivity contribution < 1.29 is 0 Å². The third-order valence-corrected chi connectivity index (χ3v) is 0.963. The van der Waals surface area contributed by atoms with Gasteiger partial charge in [0, 0.05) is 6.21 Å². The van der Waals surface area contributed by atoms with Crippen molar-refractivity contribution in [2.24, 2.45) is 4.99 Å². The second-order valence-electron chi connectivity index (χ2n) is 3.36. The van der Waals surface area contributed by atoms with Crippen LogP contribution in [0.15, 0.2) is 29.3 Å². The zero-order valence-corrected chi connectivity index (χ0v) is 7.83. The van der Waals surface area contributed by atoms with E-state index in [1.54, 1.807) is 0 Å². The lowest BCUT2D eigenvalue weighted by Gasteiger charge is -2.09. The second kappa shape index (κ2) is 4.89. The Bertz CT molecular complexity index is 168. The first-order valence-electron chi connectivity index (χ1n) is 3.89. The molecule has 11 heavy (non-hydrogen) atoms. The first kappa shape index (κ1) is 10.2. The molecular weight excluding hydrogens is 134 g/mol. The minimum Gasteiger partial charge on any atom is -0.287 e. The van der Waals surface area contributed by atoms with Gasteiger partial charge in [-0.2, -0.15) is 0 Å². The third kappa shape index (κ3) is 9.15. The number of hydrogen-bond donors (Lipinski definition) is 0. The molecule has 0 rings (SSSR count). The van der Waals surface area contributed by atoms with Gasteiger partial charge >= 0.3 is 0 Å². The van der Waals surface area contributed by atoms with Crippen LogP contribution < -0.4 is 0 Å². The van der Waals surface area contributed by atoms with Gasteiger partial charge in [-0.25, -0.2) is 0 Å². The summed E-state index contributed by atoms with van der Waals surface area (Å²) in [5, 5.41) is 0. The maximum Gasteiger partial charge on any atom is 0.0524 e. The molecule has 1 heteroatoms. The van der Waals surface area contributed by atoms with Crippen molar-refractivity contribution in [3.63, 3.8) is 0 Å². The van der Waals surface area contributed by atoms with Crippen molar-refractivity contribution in [1.29, 1.82) is 0 Å². The fraction of sp³-hybridized carbons (Fsp3) is 0.500. The fourth-order valence-electron chi connectivity index (χ4n) is 0.492. The van der Waals surface area contributed by atoms with E-state index in [-0.39, 0.29) is 5.54 Å². The second-order valence-corrected chi connectivity index (χ2v) is 3.36. The van der Waals surface area contributed by atoms with E-state index in [1.807, 2.05) is 37.4 Å². The van der Waals surface area contributed by atoms with E-state index in [9.17, 15) is 0 Å². The topological polar surface area (TPSA) is 12.4 Å².